The zero-order chi connectivity index (χ0) is 32.0. The molecule has 0 atom stereocenters. The lowest BCUT2D eigenvalue weighted by Gasteiger charge is -2.26. The van der Waals surface area contributed by atoms with Crippen LogP contribution in [0.4, 0.5) is 17.1 Å². The van der Waals surface area contributed by atoms with Gasteiger partial charge in [0.1, 0.15) is 0 Å². The molecule has 1 amide bonds. The average Bonchev–Trinajstić information content (AvgIpc) is 3.35. The van der Waals surface area contributed by atoms with Crippen LogP contribution in [0.2, 0.25) is 0 Å². The minimum Gasteiger partial charge on any atom is -0.462 e. The fourth-order valence-corrected chi connectivity index (χ4v) is 6.14. The molecule has 0 aliphatic carbocycles. The van der Waals surface area contributed by atoms with Gasteiger partial charge >= 0.3 is 5.97 Å². The molecule has 10 heteroatoms. The number of nitrogens with one attached hydrogen (secondary N) is 2. The van der Waals surface area contributed by atoms with Crippen LogP contribution in [-0.2, 0) is 26.1 Å². The van der Waals surface area contributed by atoms with Crippen molar-refractivity contribution in [2.75, 3.05) is 47.9 Å². The third-order valence-electron chi connectivity index (χ3n) is 7.39. The molecule has 9 nitrogen and oxygen atoms in total. The number of benzene rings is 4. The summed E-state index contributed by atoms with van der Waals surface area (Å²) in [5.74, 6) is -0.767. The Labute approximate surface area is 264 Å². The SMILES string of the molecule is CCOC(=O)c1ccc2c(c1)NC(=O)C2=C(Nc1ccc(N(CCN(C)Cc2ccccc2)S(C)(=O)=O)cc1)c1ccccc1. The largest absolute Gasteiger partial charge is 0.462 e. The number of hydrogen-bond acceptors (Lipinski definition) is 7. The lowest BCUT2D eigenvalue weighted by atomic mass is 9.99. The molecule has 1 aliphatic rings. The second-order valence-corrected chi connectivity index (χ2v) is 12.7. The van der Waals surface area contributed by atoms with Gasteiger partial charge < -0.3 is 20.3 Å². The number of carbonyl (C=O) groups is 2. The summed E-state index contributed by atoms with van der Waals surface area (Å²) in [5, 5.41) is 6.28. The number of rotatable bonds is 12. The van der Waals surface area contributed by atoms with Crippen LogP contribution >= 0.6 is 0 Å². The van der Waals surface area contributed by atoms with Gasteiger partial charge in [-0.3, -0.25) is 9.10 Å². The molecule has 5 rings (SSSR count). The van der Waals surface area contributed by atoms with Crippen molar-refractivity contribution in [3.8, 4) is 0 Å². The Morgan fingerprint density at radius 2 is 1.53 bits per heavy atom. The van der Waals surface area contributed by atoms with E-state index in [9.17, 15) is 18.0 Å². The van der Waals surface area contributed by atoms with Crippen LogP contribution in [0.15, 0.2) is 103 Å². The number of sulfonamides is 1. The van der Waals surface area contributed by atoms with Crippen LogP contribution in [0.3, 0.4) is 0 Å². The monoisotopic (exact) mass is 624 g/mol. The molecular weight excluding hydrogens is 588 g/mol. The van der Waals surface area contributed by atoms with Crippen molar-refractivity contribution in [2.24, 2.45) is 0 Å². The Morgan fingerprint density at radius 1 is 0.867 bits per heavy atom. The number of ether oxygens (including phenoxy) is 1. The van der Waals surface area contributed by atoms with Crippen molar-refractivity contribution in [3.05, 3.63) is 125 Å². The van der Waals surface area contributed by atoms with Crippen molar-refractivity contribution in [3.63, 3.8) is 0 Å². The predicted octanol–water partition coefficient (Wildman–Crippen LogP) is 5.69. The van der Waals surface area contributed by atoms with Crippen molar-refractivity contribution in [2.45, 2.75) is 13.5 Å². The summed E-state index contributed by atoms with van der Waals surface area (Å²) in [6, 6.07) is 31.6. The minimum absolute atomic E-state index is 0.252. The van der Waals surface area contributed by atoms with Gasteiger partial charge in [0.15, 0.2) is 0 Å². The maximum Gasteiger partial charge on any atom is 0.338 e. The van der Waals surface area contributed by atoms with Gasteiger partial charge in [0.2, 0.25) is 10.0 Å². The Kier molecular flexibility index (Phi) is 9.65. The van der Waals surface area contributed by atoms with Gasteiger partial charge in [-0.2, -0.15) is 0 Å². The molecule has 0 spiro atoms. The summed E-state index contributed by atoms with van der Waals surface area (Å²) in [4.78, 5) is 27.7. The Morgan fingerprint density at radius 3 is 2.18 bits per heavy atom. The van der Waals surface area contributed by atoms with E-state index in [1.54, 1.807) is 49.4 Å². The van der Waals surface area contributed by atoms with E-state index in [0.29, 0.717) is 59.1 Å². The molecule has 4 aromatic carbocycles. The van der Waals surface area contributed by atoms with Gasteiger partial charge in [-0.1, -0.05) is 66.7 Å². The highest BCUT2D eigenvalue weighted by Gasteiger charge is 2.29. The molecule has 0 fully saturated rings. The van der Waals surface area contributed by atoms with Gasteiger partial charge in [-0.25, -0.2) is 13.2 Å². The molecule has 45 heavy (non-hydrogen) atoms. The second kappa shape index (κ2) is 13.8. The van der Waals surface area contributed by atoms with Gasteiger partial charge in [0, 0.05) is 30.9 Å². The highest BCUT2D eigenvalue weighted by Crippen LogP contribution is 2.38. The highest BCUT2D eigenvalue weighted by atomic mass is 32.2. The molecule has 1 heterocycles. The fraction of sp³-hybridized carbons (Fsp3) is 0.200. The number of nitrogens with zero attached hydrogens (tertiary/aromatic N) is 2. The maximum atomic E-state index is 13.3. The number of anilines is 3. The highest BCUT2D eigenvalue weighted by molar-refractivity contribution is 7.92. The zero-order valence-corrected chi connectivity index (χ0v) is 26.3. The Bertz CT molecular complexity index is 1810. The van der Waals surface area contributed by atoms with Crippen molar-refractivity contribution >= 4 is 50.2 Å². The van der Waals surface area contributed by atoms with E-state index in [4.69, 9.17) is 4.74 Å². The number of esters is 1. The van der Waals surface area contributed by atoms with E-state index in [1.807, 2.05) is 67.7 Å². The van der Waals surface area contributed by atoms with Crippen molar-refractivity contribution in [1.29, 1.82) is 0 Å². The fourth-order valence-electron chi connectivity index (χ4n) is 5.22. The molecule has 0 radical (unpaired) electrons. The first kappa shape index (κ1) is 31.5. The summed E-state index contributed by atoms with van der Waals surface area (Å²) in [7, 11) is -1.58. The smallest absolute Gasteiger partial charge is 0.338 e. The molecule has 0 saturated heterocycles. The summed E-state index contributed by atoms with van der Waals surface area (Å²) < 4.78 is 32.1. The van der Waals surface area contributed by atoms with E-state index in [1.165, 1.54) is 10.6 Å². The number of likely N-dealkylation sites (N-methyl/N-ethyl adjacent to an activating group) is 1. The number of carbonyl (C=O) groups excluding carboxylic acids is 2. The number of amides is 1. The van der Waals surface area contributed by atoms with E-state index >= 15 is 0 Å². The maximum absolute atomic E-state index is 13.3. The first-order valence-electron chi connectivity index (χ1n) is 14.6. The van der Waals surface area contributed by atoms with Crippen LogP contribution in [-0.4, -0.2) is 58.2 Å². The quantitative estimate of drug-likeness (QED) is 0.154. The lowest BCUT2D eigenvalue weighted by molar-refractivity contribution is -0.110. The van der Waals surface area contributed by atoms with Gasteiger partial charge in [-0.15, -0.1) is 0 Å². The van der Waals surface area contributed by atoms with Crippen LogP contribution in [0.1, 0.15) is 34.0 Å². The molecule has 0 bridgehead atoms. The number of fused-ring (bicyclic) bond motifs is 1. The standard InChI is InChI=1S/C35H36N4O5S/c1-4-44-35(41)27-15-20-30-31(23-27)37-34(40)32(30)33(26-13-9-6-10-14-26)36-28-16-18-29(19-17-28)39(45(3,42)43)22-21-38(2)24-25-11-7-5-8-12-25/h5-20,23,36H,4,21-22,24H2,1-3H3,(H,37,40). The molecule has 0 aromatic heterocycles. The molecule has 0 saturated carbocycles. The normalized spacial score (nSPS) is 13.6. The summed E-state index contributed by atoms with van der Waals surface area (Å²) in [5.41, 5.74) is 5.68. The van der Waals surface area contributed by atoms with Crippen molar-refractivity contribution < 1.29 is 22.7 Å². The zero-order valence-electron chi connectivity index (χ0n) is 25.5. The van der Waals surface area contributed by atoms with E-state index in [0.717, 1.165) is 11.1 Å². The third-order valence-corrected chi connectivity index (χ3v) is 8.59. The second-order valence-electron chi connectivity index (χ2n) is 10.8. The predicted molar refractivity (Wildman–Crippen MR) is 179 cm³/mol. The third kappa shape index (κ3) is 7.60. The van der Waals surface area contributed by atoms with E-state index in [2.05, 4.69) is 15.5 Å². The summed E-state index contributed by atoms with van der Waals surface area (Å²) in [6.45, 7) is 3.53. The molecular formula is C35H36N4O5S. The van der Waals surface area contributed by atoms with Crippen LogP contribution in [0.5, 0.6) is 0 Å². The van der Waals surface area contributed by atoms with Crippen LogP contribution < -0.4 is 14.9 Å². The molecule has 4 aromatic rings. The number of hydrogen-bond donors (Lipinski definition) is 2. The molecule has 1 aliphatic heterocycles. The Hall–Kier alpha value is -4.93. The summed E-state index contributed by atoms with van der Waals surface area (Å²) in [6.07, 6.45) is 1.21. The molecule has 232 valence electrons. The van der Waals surface area contributed by atoms with Gasteiger partial charge in [0.25, 0.3) is 5.91 Å². The van der Waals surface area contributed by atoms with E-state index in [-0.39, 0.29) is 12.5 Å². The Balaban J connectivity index is 1.41. The van der Waals surface area contributed by atoms with Gasteiger partial charge in [0.05, 0.1) is 41.1 Å². The van der Waals surface area contributed by atoms with Crippen LogP contribution in [0, 0.1) is 0 Å². The first-order valence-corrected chi connectivity index (χ1v) is 16.5. The lowest BCUT2D eigenvalue weighted by Crippen LogP contribution is -2.36. The van der Waals surface area contributed by atoms with Crippen molar-refractivity contribution in [1.82, 2.24) is 4.90 Å². The molecule has 2 N–H and O–H groups in total. The average molecular weight is 625 g/mol. The molecule has 0 unspecified atom stereocenters. The van der Waals surface area contributed by atoms with E-state index < -0.39 is 16.0 Å². The first-order chi connectivity index (χ1) is 21.6. The van der Waals surface area contributed by atoms with Gasteiger partial charge in [-0.05, 0) is 61.5 Å². The summed E-state index contributed by atoms with van der Waals surface area (Å²) >= 11 is 0. The minimum atomic E-state index is -3.54. The van der Waals surface area contributed by atoms with Crippen LogP contribution in [0.25, 0.3) is 11.3 Å². The topological polar surface area (TPSA) is 108 Å².